The second kappa shape index (κ2) is 10.1. The van der Waals surface area contributed by atoms with Crippen molar-refractivity contribution in [2.45, 2.75) is 39.7 Å². The van der Waals surface area contributed by atoms with Crippen molar-refractivity contribution in [3.05, 3.63) is 58.6 Å². The van der Waals surface area contributed by atoms with E-state index in [2.05, 4.69) is 5.32 Å². The molecule has 1 atom stereocenters. The summed E-state index contributed by atoms with van der Waals surface area (Å²) in [5, 5.41) is 3.74. The summed E-state index contributed by atoms with van der Waals surface area (Å²) in [5.74, 6) is 1.44. The molecule has 2 aromatic carbocycles. The second-order valence-corrected chi connectivity index (χ2v) is 6.42. The number of ether oxygens (including phenoxy) is 2. The Labute approximate surface area is 160 Å². The van der Waals surface area contributed by atoms with Crippen LogP contribution in [0.3, 0.4) is 0 Å². The van der Waals surface area contributed by atoms with Crippen molar-refractivity contribution in [2.75, 3.05) is 13.2 Å². The fourth-order valence-corrected chi connectivity index (χ4v) is 2.77. The van der Waals surface area contributed by atoms with Crippen LogP contribution in [0.1, 0.15) is 44.4 Å². The van der Waals surface area contributed by atoms with Crippen molar-refractivity contribution in [1.29, 1.82) is 0 Å². The van der Waals surface area contributed by atoms with E-state index in [-0.39, 0.29) is 11.9 Å². The van der Waals surface area contributed by atoms with Crippen molar-refractivity contribution in [3.63, 3.8) is 0 Å². The van der Waals surface area contributed by atoms with Crippen LogP contribution in [0.25, 0.3) is 0 Å². The van der Waals surface area contributed by atoms with Crippen LogP contribution < -0.4 is 14.8 Å². The average Bonchev–Trinajstić information content (AvgIpc) is 2.63. The highest BCUT2D eigenvalue weighted by atomic mass is 35.5. The lowest BCUT2D eigenvalue weighted by atomic mass is 10.1. The van der Waals surface area contributed by atoms with E-state index in [0.29, 0.717) is 36.8 Å². The lowest BCUT2D eigenvalue weighted by Crippen LogP contribution is -2.26. The van der Waals surface area contributed by atoms with Gasteiger partial charge in [-0.15, -0.1) is 0 Å². The summed E-state index contributed by atoms with van der Waals surface area (Å²) in [6, 6.07) is 13.2. The number of hydrogen-bond donors (Lipinski definition) is 1. The quantitative estimate of drug-likeness (QED) is 0.674. The molecule has 4 nitrogen and oxygen atoms in total. The Balaban J connectivity index is 1.95. The molecule has 0 saturated heterocycles. The van der Waals surface area contributed by atoms with Gasteiger partial charge in [0.2, 0.25) is 5.91 Å². The Morgan fingerprint density at radius 2 is 1.69 bits per heavy atom. The van der Waals surface area contributed by atoms with Gasteiger partial charge in [-0.05, 0) is 62.6 Å². The van der Waals surface area contributed by atoms with E-state index >= 15 is 0 Å². The van der Waals surface area contributed by atoms with E-state index in [1.165, 1.54) is 0 Å². The number of benzene rings is 2. The molecule has 0 aliphatic rings. The molecule has 0 bridgehead atoms. The first-order valence-electron chi connectivity index (χ1n) is 8.96. The van der Waals surface area contributed by atoms with E-state index < -0.39 is 0 Å². The summed E-state index contributed by atoms with van der Waals surface area (Å²) >= 11 is 5.88. The summed E-state index contributed by atoms with van der Waals surface area (Å²) in [4.78, 5) is 12.3. The number of carbonyl (C=O) groups excluding carboxylic acids is 1. The van der Waals surface area contributed by atoms with E-state index in [9.17, 15) is 4.79 Å². The second-order valence-electron chi connectivity index (χ2n) is 5.99. The molecule has 140 valence electrons. The predicted octanol–water partition coefficient (Wildman–Crippen LogP) is 4.95. The van der Waals surface area contributed by atoms with Gasteiger partial charge in [0.05, 0.1) is 19.3 Å². The third-order valence-corrected chi connectivity index (χ3v) is 4.25. The molecule has 1 unspecified atom stereocenters. The number of hydrogen-bond acceptors (Lipinski definition) is 3. The third kappa shape index (κ3) is 5.95. The first-order chi connectivity index (χ1) is 12.5. The van der Waals surface area contributed by atoms with Crippen molar-refractivity contribution in [2.24, 2.45) is 0 Å². The van der Waals surface area contributed by atoms with E-state index in [1.807, 2.05) is 63.2 Å². The molecule has 5 heteroatoms. The minimum absolute atomic E-state index is 0.0132. The van der Waals surface area contributed by atoms with Crippen LogP contribution in [0.4, 0.5) is 0 Å². The maximum atomic E-state index is 12.3. The molecule has 1 amide bonds. The Bertz CT molecular complexity index is 716. The summed E-state index contributed by atoms with van der Waals surface area (Å²) in [5.41, 5.74) is 2.08. The van der Waals surface area contributed by atoms with Crippen molar-refractivity contribution < 1.29 is 14.3 Å². The molecule has 0 spiro atoms. The van der Waals surface area contributed by atoms with Gasteiger partial charge in [0.15, 0.2) is 11.5 Å². The van der Waals surface area contributed by atoms with Crippen LogP contribution in [0.5, 0.6) is 11.5 Å². The van der Waals surface area contributed by atoms with Gasteiger partial charge in [0.1, 0.15) is 0 Å². The number of rotatable bonds is 9. The summed E-state index contributed by atoms with van der Waals surface area (Å²) in [7, 11) is 0. The van der Waals surface area contributed by atoms with Gasteiger partial charge in [-0.1, -0.05) is 29.8 Å². The third-order valence-electron chi connectivity index (χ3n) is 4.00. The first kappa shape index (κ1) is 20.1. The normalized spacial score (nSPS) is 11.7. The van der Waals surface area contributed by atoms with Crippen molar-refractivity contribution in [1.82, 2.24) is 5.32 Å². The SMILES string of the molecule is CCOc1ccc(C(C)NC(=O)CCc2ccc(Cl)cc2)cc1OCC. The molecule has 2 rings (SSSR count). The molecule has 2 aromatic rings. The number of carbonyl (C=O) groups is 1. The van der Waals surface area contributed by atoms with Crippen LogP contribution in [-0.2, 0) is 11.2 Å². The molecule has 0 aromatic heterocycles. The molecule has 26 heavy (non-hydrogen) atoms. The highest BCUT2D eigenvalue weighted by Crippen LogP contribution is 2.30. The van der Waals surface area contributed by atoms with Gasteiger partial charge in [-0.2, -0.15) is 0 Å². The maximum Gasteiger partial charge on any atom is 0.220 e. The predicted molar refractivity (Wildman–Crippen MR) is 105 cm³/mol. The van der Waals surface area contributed by atoms with Gasteiger partial charge in [-0.25, -0.2) is 0 Å². The van der Waals surface area contributed by atoms with Crippen LogP contribution in [0.2, 0.25) is 5.02 Å². The maximum absolute atomic E-state index is 12.3. The summed E-state index contributed by atoms with van der Waals surface area (Å²) in [6.07, 6.45) is 1.12. The number of halogens is 1. The van der Waals surface area contributed by atoms with Crippen LogP contribution in [0, 0.1) is 0 Å². The van der Waals surface area contributed by atoms with Gasteiger partial charge in [-0.3, -0.25) is 4.79 Å². The van der Waals surface area contributed by atoms with Crippen LogP contribution in [-0.4, -0.2) is 19.1 Å². The zero-order chi connectivity index (χ0) is 18.9. The molecule has 0 saturated carbocycles. The average molecular weight is 376 g/mol. The van der Waals surface area contributed by atoms with E-state index in [1.54, 1.807) is 0 Å². The Kier molecular flexibility index (Phi) is 7.79. The van der Waals surface area contributed by atoms with Gasteiger partial charge in [0.25, 0.3) is 0 Å². The Morgan fingerprint density at radius 1 is 1.04 bits per heavy atom. The van der Waals surface area contributed by atoms with Crippen LogP contribution in [0.15, 0.2) is 42.5 Å². The standard InChI is InChI=1S/C21H26ClNO3/c1-4-25-19-12-9-17(14-20(19)26-5-2)15(3)23-21(24)13-8-16-6-10-18(22)11-7-16/h6-7,9-12,14-15H,4-5,8,13H2,1-3H3,(H,23,24). The van der Waals surface area contributed by atoms with Crippen molar-refractivity contribution in [3.8, 4) is 11.5 Å². The monoisotopic (exact) mass is 375 g/mol. The minimum Gasteiger partial charge on any atom is -0.490 e. The molecule has 0 radical (unpaired) electrons. The Morgan fingerprint density at radius 3 is 2.35 bits per heavy atom. The molecule has 0 fully saturated rings. The summed E-state index contributed by atoms with van der Waals surface area (Å²) in [6.45, 7) is 6.98. The zero-order valence-corrected chi connectivity index (χ0v) is 16.3. The molecular weight excluding hydrogens is 350 g/mol. The largest absolute Gasteiger partial charge is 0.490 e. The topological polar surface area (TPSA) is 47.6 Å². The fourth-order valence-electron chi connectivity index (χ4n) is 2.64. The highest BCUT2D eigenvalue weighted by molar-refractivity contribution is 6.30. The highest BCUT2D eigenvalue weighted by Gasteiger charge is 2.13. The Hall–Kier alpha value is -2.20. The van der Waals surface area contributed by atoms with Crippen LogP contribution >= 0.6 is 11.6 Å². The van der Waals surface area contributed by atoms with E-state index in [0.717, 1.165) is 16.9 Å². The molecular formula is C21H26ClNO3. The zero-order valence-electron chi connectivity index (χ0n) is 15.5. The molecule has 1 N–H and O–H groups in total. The first-order valence-corrected chi connectivity index (χ1v) is 9.34. The minimum atomic E-state index is -0.109. The fraction of sp³-hybridized carbons (Fsp3) is 0.381. The molecule has 0 aliphatic carbocycles. The number of nitrogens with one attached hydrogen (secondary N) is 1. The lowest BCUT2D eigenvalue weighted by Gasteiger charge is -2.17. The van der Waals surface area contributed by atoms with Crippen molar-refractivity contribution >= 4 is 17.5 Å². The van der Waals surface area contributed by atoms with Gasteiger partial charge >= 0.3 is 0 Å². The lowest BCUT2D eigenvalue weighted by molar-refractivity contribution is -0.121. The summed E-state index contributed by atoms with van der Waals surface area (Å²) < 4.78 is 11.2. The van der Waals surface area contributed by atoms with E-state index in [4.69, 9.17) is 21.1 Å². The number of aryl methyl sites for hydroxylation is 1. The molecule has 0 aliphatic heterocycles. The smallest absolute Gasteiger partial charge is 0.220 e. The van der Waals surface area contributed by atoms with Gasteiger partial charge in [0, 0.05) is 11.4 Å². The number of amides is 1. The van der Waals surface area contributed by atoms with Gasteiger partial charge < -0.3 is 14.8 Å². The molecule has 0 heterocycles.